The fourth-order valence-electron chi connectivity index (χ4n) is 3.23. The molecule has 1 aliphatic carbocycles. The highest BCUT2D eigenvalue weighted by Gasteiger charge is 2.34. The van der Waals surface area contributed by atoms with Crippen LogP contribution in [0.5, 0.6) is 0 Å². The normalized spacial score (nSPS) is 19.7. The van der Waals surface area contributed by atoms with Gasteiger partial charge in [0.05, 0.1) is 16.5 Å². The number of nitrogens with two attached hydrogens (primary N) is 1. The Kier molecular flexibility index (Phi) is 3.94. The van der Waals surface area contributed by atoms with Gasteiger partial charge in [-0.15, -0.1) is 0 Å². The first-order chi connectivity index (χ1) is 11.6. The summed E-state index contributed by atoms with van der Waals surface area (Å²) in [5.74, 6) is 0.173. The molecule has 3 N–H and O–H groups in total. The molecule has 2 aromatic rings. The molecular formula is C16H19ClFN5O. The first-order valence-corrected chi connectivity index (χ1v) is 8.58. The van der Waals surface area contributed by atoms with E-state index in [-0.39, 0.29) is 27.5 Å². The maximum Gasteiger partial charge on any atom is 0.281 e. The number of rotatable bonds is 3. The molecule has 8 heteroatoms. The van der Waals surface area contributed by atoms with Crippen LogP contribution in [0.4, 0.5) is 4.39 Å². The van der Waals surface area contributed by atoms with Crippen LogP contribution in [0, 0.1) is 11.7 Å². The van der Waals surface area contributed by atoms with Crippen LogP contribution in [-0.4, -0.2) is 35.8 Å². The molecule has 6 nitrogen and oxygen atoms in total. The second-order valence-electron chi connectivity index (χ2n) is 6.41. The van der Waals surface area contributed by atoms with Crippen molar-refractivity contribution in [2.75, 3.05) is 31.2 Å². The summed E-state index contributed by atoms with van der Waals surface area (Å²) < 4.78 is 15.8. The molecule has 0 spiro atoms. The van der Waals surface area contributed by atoms with Gasteiger partial charge in [0.2, 0.25) is 0 Å². The van der Waals surface area contributed by atoms with Gasteiger partial charge in [-0.3, -0.25) is 4.79 Å². The number of aromatic nitrogens is 2. The van der Waals surface area contributed by atoms with Crippen molar-refractivity contribution in [2.45, 2.75) is 18.9 Å². The molecular weight excluding hydrogens is 333 g/mol. The zero-order valence-corrected chi connectivity index (χ0v) is 13.9. The maximum atomic E-state index is 14.2. The lowest BCUT2D eigenvalue weighted by Gasteiger charge is -2.33. The number of nitrogens with zero attached hydrogens (tertiary/aromatic N) is 3. The van der Waals surface area contributed by atoms with Gasteiger partial charge < -0.3 is 16.1 Å². The minimum absolute atomic E-state index is 0.00462. The topological polar surface area (TPSA) is 76.2 Å². The summed E-state index contributed by atoms with van der Waals surface area (Å²) in [5.41, 5.74) is 5.99. The SMILES string of the molecule is N[C@H](c1nc2c(F)ccc(Cl)c2c(=O)n1N1CCNCC1)C1CC1. The first kappa shape index (κ1) is 15.8. The summed E-state index contributed by atoms with van der Waals surface area (Å²) in [6, 6.07) is 2.25. The maximum absolute atomic E-state index is 14.2. The van der Waals surface area contributed by atoms with Gasteiger partial charge in [-0.25, -0.2) is 14.1 Å². The lowest BCUT2D eigenvalue weighted by atomic mass is 10.1. The third-order valence-corrected chi connectivity index (χ3v) is 5.05. The van der Waals surface area contributed by atoms with E-state index in [4.69, 9.17) is 17.3 Å². The number of halogens is 2. The van der Waals surface area contributed by atoms with E-state index in [9.17, 15) is 9.18 Å². The molecule has 0 unspecified atom stereocenters. The van der Waals surface area contributed by atoms with Crippen molar-refractivity contribution in [1.29, 1.82) is 0 Å². The molecule has 0 bridgehead atoms. The molecule has 0 radical (unpaired) electrons. The molecule has 0 amide bonds. The van der Waals surface area contributed by atoms with Crippen LogP contribution in [0.15, 0.2) is 16.9 Å². The fraction of sp³-hybridized carbons (Fsp3) is 0.500. The average molecular weight is 352 g/mol. The Balaban J connectivity index is 1.99. The van der Waals surface area contributed by atoms with Crippen LogP contribution in [-0.2, 0) is 0 Å². The molecule has 1 aliphatic heterocycles. The van der Waals surface area contributed by atoms with Crippen molar-refractivity contribution in [3.63, 3.8) is 0 Å². The molecule has 128 valence electrons. The van der Waals surface area contributed by atoms with E-state index in [1.54, 1.807) is 0 Å². The van der Waals surface area contributed by atoms with Gasteiger partial charge in [-0.2, -0.15) is 0 Å². The largest absolute Gasteiger partial charge is 0.321 e. The van der Waals surface area contributed by atoms with E-state index < -0.39 is 5.82 Å². The van der Waals surface area contributed by atoms with Crippen molar-refractivity contribution in [3.05, 3.63) is 39.2 Å². The number of hydrogen-bond acceptors (Lipinski definition) is 5. The van der Waals surface area contributed by atoms with E-state index in [1.807, 2.05) is 5.01 Å². The Morgan fingerprint density at radius 3 is 2.71 bits per heavy atom. The van der Waals surface area contributed by atoms with E-state index in [0.29, 0.717) is 24.8 Å². The third-order valence-electron chi connectivity index (χ3n) is 4.73. The van der Waals surface area contributed by atoms with Crippen LogP contribution >= 0.6 is 11.6 Å². The van der Waals surface area contributed by atoms with Crippen molar-refractivity contribution in [1.82, 2.24) is 15.0 Å². The molecule has 24 heavy (non-hydrogen) atoms. The Bertz CT molecular complexity index is 844. The lowest BCUT2D eigenvalue weighted by molar-refractivity contribution is 0.442. The molecule has 4 rings (SSSR count). The molecule has 1 saturated heterocycles. The first-order valence-electron chi connectivity index (χ1n) is 8.20. The number of fused-ring (bicyclic) bond motifs is 1. The highest BCUT2D eigenvalue weighted by Crippen LogP contribution is 2.39. The molecule has 2 heterocycles. The van der Waals surface area contributed by atoms with E-state index >= 15 is 0 Å². The van der Waals surface area contributed by atoms with Crippen LogP contribution in [0.2, 0.25) is 5.02 Å². The summed E-state index contributed by atoms with van der Waals surface area (Å²) in [6.07, 6.45) is 2.02. The Morgan fingerprint density at radius 2 is 2.04 bits per heavy atom. The number of benzene rings is 1. The monoisotopic (exact) mass is 351 g/mol. The third kappa shape index (κ3) is 2.56. The second-order valence-corrected chi connectivity index (χ2v) is 6.81. The molecule has 2 fully saturated rings. The molecule has 1 aromatic heterocycles. The van der Waals surface area contributed by atoms with Crippen molar-refractivity contribution in [3.8, 4) is 0 Å². The smallest absolute Gasteiger partial charge is 0.281 e. The van der Waals surface area contributed by atoms with Crippen molar-refractivity contribution < 1.29 is 4.39 Å². The highest BCUT2D eigenvalue weighted by molar-refractivity contribution is 6.35. The van der Waals surface area contributed by atoms with Crippen molar-refractivity contribution >= 4 is 22.5 Å². The fourth-order valence-corrected chi connectivity index (χ4v) is 3.47. The van der Waals surface area contributed by atoms with Gasteiger partial charge in [0.1, 0.15) is 17.2 Å². The summed E-state index contributed by atoms with van der Waals surface area (Å²) >= 11 is 6.17. The number of piperazine rings is 1. The Labute approximate surface area is 143 Å². The summed E-state index contributed by atoms with van der Waals surface area (Å²) in [5, 5.41) is 5.49. The van der Waals surface area contributed by atoms with Gasteiger partial charge in [0.15, 0.2) is 0 Å². The molecule has 2 aliphatic rings. The zero-order chi connectivity index (χ0) is 16.8. The van der Waals surface area contributed by atoms with Gasteiger partial charge in [0.25, 0.3) is 5.56 Å². The van der Waals surface area contributed by atoms with E-state index in [2.05, 4.69) is 10.3 Å². The molecule has 1 aromatic carbocycles. The van der Waals surface area contributed by atoms with Crippen LogP contribution in [0.25, 0.3) is 10.9 Å². The van der Waals surface area contributed by atoms with Gasteiger partial charge in [-0.05, 0) is 30.9 Å². The summed E-state index contributed by atoms with van der Waals surface area (Å²) in [6.45, 7) is 2.84. The van der Waals surface area contributed by atoms with Crippen LogP contribution < -0.4 is 21.6 Å². The van der Waals surface area contributed by atoms with Gasteiger partial charge in [0, 0.05) is 26.2 Å². The summed E-state index contributed by atoms with van der Waals surface area (Å²) in [7, 11) is 0. The average Bonchev–Trinajstić information content (AvgIpc) is 3.43. The van der Waals surface area contributed by atoms with Gasteiger partial charge in [-0.1, -0.05) is 11.6 Å². The van der Waals surface area contributed by atoms with E-state index in [0.717, 1.165) is 25.9 Å². The minimum Gasteiger partial charge on any atom is -0.321 e. The summed E-state index contributed by atoms with van der Waals surface area (Å²) in [4.78, 5) is 17.6. The zero-order valence-electron chi connectivity index (χ0n) is 13.1. The second kappa shape index (κ2) is 5.98. The predicted molar refractivity (Wildman–Crippen MR) is 91.4 cm³/mol. The van der Waals surface area contributed by atoms with Crippen LogP contribution in [0.3, 0.4) is 0 Å². The van der Waals surface area contributed by atoms with Gasteiger partial charge >= 0.3 is 0 Å². The van der Waals surface area contributed by atoms with E-state index in [1.165, 1.54) is 16.8 Å². The Hall–Kier alpha value is -1.70. The predicted octanol–water partition coefficient (Wildman–Crippen LogP) is 1.14. The number of nitrogens with one attached hydrogen (secondary N) is 1. The standard InChI is InChI=1S/C16H19ClFN5O/c17-10-3-4-11(18)14-12(10)16(24)23(22-7-5-20-6-8-22)15(21-14)13(19)9-1-2-9/h3-4,9,13,20H,1-2,5-8,19H2/t13-/m0/s1. The molecule has 1 saturated carbocycles. The van der Waals surface area contributed by atoms with Crippen LogP contribution in [0.1, 0.15) is 24.7 Å². The highest BCUT2D eigenvalue weighted by atomic mass is 35.5. The minimum atomic E-state index is -0.553. The number of hydrogen-bond donors (Lipinski definition) is 2. The molecule has 1 atom stereocenters. The van der Waals surface area contributed by atoms with Crippen molar-refractivity contribution in [2.24, 2.45) is 11.7 Å². The quantitative estimate of drug-likeness (QED) is 0.867. The Morgan fingerprint density at radius 1 is 1.33 bits per heavy atom. The lowest BCUT2D eigenvalue weighted by Crippen LogP contribution is -2.54.